The first-order valence-electron chi connectivity index (χ1n) is 8.07. The van der Waals surface area contributed by atoms with Crippen molar-refractivity contribution >= 4 is 37.5 Å². The third kappa shape index (κ3) is 5.10. The van der Waals surface area contributed by atoms with Gasteiger partial charge in [-0.05, 0) is 74.2 Å². The topological polar surface area (TPSA) is 21.3 Å². The van der Waals surface area contributed by atoms with E-state index in [9.17, 15) is 0 Å². The fourth-order valence-corrected chi connectivity index (χ4v) is 3.96. The second kappa shape index (κ2) is 8.54. The summed E-state index contributed by atoms with van der Waals surface area (Å²) in [5.74, 6) is 0.823. The molecule has 2 nitrogen and oxygen atoms in total. The van der Waals surface area contributed by atoms with Gasteiger partial charge in [-0.1, -0.05) is 48.0 Å². The minimum absolute atomic E-state index is 0.541. The first-order valence-corrected chi connectivity index (χ1v) is 9.65. The fraction of sp³-hybridized carbons (Fsp3) is 0.143. The molecule has 0 heterocycles. The van der Waals surface area contributed by atoms with Crippen LogP contribution in [0.4, 0.5) is 5.69 Å². The maximum absolute atomic E-state index is 6.00. The summed E-state index contributed by atoms with van der Waals surface area (Å²) < 4.78 is 7.88. The van der Waals surface area contributed by atoms with Crippen molar-refractivity contribution in [2.24, 2.45) is 0 Å². The number of rotatable bonds is 6. The number of nitrogens with one attached hydrogen (secondary N) is 1. The van der Waals surface area contributed by atoms with Gasteiger partial charge in [0.15, 0.2) is 0 Å². The summed E-state index contributed by atoms with van der Waals surface area (Å²) in [7, 11) is 0. The zero-order valence-electron chi connectivity index (χ0n) is 13.9. The predicted molar refractivity (Wildman–Crippen MR) is 111 cm³/mol. The molecular formula is C21H19Br2NO. The second-order valence-corrected chi connectivity index (χ2v) is 7.59. The van der Waals surface area contributed by atoms with Gasteiger partial charge in [0.05, 0.1) is 8.95 Å². The van der Waals surface area contributed by atoms with Gasteiger partial charge in [0.25, 0.3) is 0 Å². The molecule has 3 aromatic carbocycles. The van der Waals surface area contributed by atoms with Crippen LogP contribution in [0.25, 0.3) is 0 Å². The van der Waals surface area contributed by atoms with E-state index < -0.39 is 0 Å². The van der Waals surface area contributed by atoms with Crippen molar-refractivity contribution in [2.75, 3.05) is 5.32 Å². The van der Waals surface area contributed by atoms with Crippen LogP contribution in [0.5, 0.6) is 5.75 Å². The highest BCUT2D eigenvalue weighted by molar-refractivity contribution is 9.11. The average molecular weight is 461 g/mol. The third-order valence-corrected chi connectivity index (χ3v) is 5.01. The third-order valence-electron chi connectivity index (χ3n) is 3.83. The Morgan fingerprint density at radius 2 is 1.48 bits per heavy atom. The molecule has 0 aliphatic heterocycles. The molecule has 0 aromatic heterocycles. The molecule has 128 valence electrons. The Bertz CT molecular complexity index is 809. The van der Waals surface area contributed by atoms with Crippen LogP contribution in [-0.2, 0) is 13.2 Å². The van der Waals surface area contributed by atoms with Crippen LogP contribution < -0.4 is 10.1 Å². The van der Waals surface area contributed by atoms with E-state index in [4.69, 9.17) is 4.74 Å². The Kier molecular flexibility index (Phi) is 6.16. The Balaban J connectivity index is 1.66. The van der Waals surface area contributed by atoms with Gasteiger partial charge >= 0.3 is 0 Å². The highest BCUT2D eigenvalue weighted by atomic mass is 79.9. The smallest absolute Gasteiger partial charge is 0.148 e. The van der Waals surface area contributed by atoms with E-state index in [1.165, 1.54) is 11.1 Å². The van der Waals surface area contributed by atoms with Crippen molar-refractivity contribution in [3.8, 4) is 5.75 Å². The molecule has 0 unspecified atom stereocenters. The Morgan fingerprint density at radius 3 is 2.12 bits per heavy atom. The fourth-order valence-electron chi connectivity index (χ4n) is 2.45. The van der Waals surface area contributed by atoms with Crippen LogP contribution in [-0.4, -0.2) is 0 Å². The van der Waals surface area contributed by atoms with Gasteiger partial charge in [0, 0.05) is 12.2 Å². The Hall–Kier alpha value is -1.78. The molecule has 0 saturated carbocycles. The van der Waals surface area contributed by atoms with E-state index in [2.05, 4.69) is 92.6 Å². The van der Waals surface area contributed by atoms with Crippen molar-refractivity contribution in [2.45, 2.75) is 20.1 Å². The predicted octanol–water partition coefficient (Wildman–Crippen LogP) is 6.71. The van der Waals surface area contributed by atoms with Crippen LogP contribution in [0.15, 0.2) is 75.7 Å². The summed E-state index contributed by atoms with van der Waals surface area (Å²) in [5, 5.41) is 3.42. The molecule has 0 radical (unpaired) electrons. The lowest BCUT2D eigenvalue weighted by molar-refractivity contribution is 0.302. The number of benzene rings is 3. The summed E-state index contributed by atoms with van der Waals surface area (Å²) in [6.07, 6.45) is 0. The van der Waals surface area contributed by atoms with Crippen molar-refractivity contribution in [1.29, 1.82) is 0 Å². The first-order chi connectivity index (χ1) is 12.1. The lowest BCUT2D eigenvalue weighted by atomic mass is 10.2. The number of hydrogen-bond acceptors (Lipinski definition) is 2. The summed E-state index contributed by atoms with van der Waals surface area (Å²) in [6, 6.07) is 22.7. The van der Waals surface area contributed by atoms with Gasteiger partial charge in [-0.25, -0.2) is 0 Å². The van der Waals surface area contributed by atoms with Crippen molar-refractivity contribution in [1.82, 2.24) is 0 Å². The van der Waals surface area contributed by atoms with E-state index in [1.807, 2.05) is 18.2 Å². The van der Waals surface area contributed by atoms with Crippen molar-refractivity contribution < 1.29 is 4.74 Å². The van der Waals surface area contributed by atoms with Gasteiger partial charge in [-0.3, -0.25) is 0 Å². The van der Waals surface area contributed by atoms with Crippen LogP contribution in [0.3, 0.4) is 0 Å². The molecule has 0 spiro atoms. The number of aryl methyl sites for hydroxylation is 1. The van der Waals surface area contributed by atoms with Crippen LogP contribution >= 0.6 is 31.9 Å². The zero-order chi connectivity index (χ0) is 17.6. The molecule has 4 heteroatoms. The number of hydrogen-bond donors (Lipinski definition) is 1. The molecule has 3 aromatic rings. The Labute approximate surface area is 165 Å². The lowest BCUT2D eigenvalue weighted by Gasteiger charge is -2.13. The van der Waals surface area contributed by atoms with Crippen LogP contribution in [0.2, 0.25) is 0 Å². The standard InChI is InChI=1S/C21H19Br2NO/c1-15-7-9-16(10-8-15)14-25-21-19(22)11-17(12-20(21)23)13-24-18-5-3-2-4-6-18/h2-12,24H,13-14H2,1H3. The van der Waals surface area contributed by atoms with Crippen LogP contribution in [0.1, 0.15) is 16.7 Å². The van der Waals surface area contributed by atoms with Crippen LogP contribution in [0, 0.1) is 6.92 Å². The monoisotopic (exact) mass is 459 g/mol. The highest BCUT2D eigenvalue weighted by Crippen LogP contribution is 2.35. The molecule has 0 amide bonds. The normalized spacial score (nSPS) is 10.5. The summed E-state index contributed by atoms with van der Waals surface area (Å²) >= 11 is 7.25. The van der Waals surface area contributed by atoms with E-state index in [0.717, 1.165) is 32.5 Å². The van der Waals surface area contributed by atoms with Crippen molar-refractivity contribution in [3.05, 3.63) is 92.4 Å². The molecule has 1 N–H and O–H groups in total. The van der Waals surface area contributed by atoms with E-state index in [-0.39, 0.29) is 0 Å². The highest BCUT2D eigenvalue weighted by Gasteiger charge is 2.09. The van der Waals surface area contributed by atoms with Crippen molar-refractivity contribution in [3.63, 3.8) is 0 Å². The van der Waals surface area contributed by atoms with E-state index in [0.29, 0.717) is 6.61 Å². The van der Waals surface area contributed by atoms with Gasteiger partial charge < -0.3 is 10.1 Å². The second-order valence-electron chi connectivity index (χ2n) is 5.88. The average Bonchev–Trinajstić information content (AvgIpc) is 2.62. The minimum atomic E-state index is 0.541. The molecule has 3 rings (SSSR count). The molecule has 0 fully saturated rings. The molecule has 25 heavy (non-hydrogen) atoms. The Morgan fingerprint density at radius 1 is 0.840 bits per heavy atom. The maximum atomic E-state index is 6.00. The molecule has 0 saturated heterocycles. The molecular weight excluding hydrogens is 442 g/mol. The molecule has 0 aliphatic carbocycles. The van der Waals surface area contributed by atoms with Gasteiger partial charge in [0.2, 0.25) is 0 Å². The lowest BCUT2D eigenvalue weighted by Crippen LogP contribution is -2.01. The molecule has 0 aliphatic rings. The minimum Gasteiger partial charge on any atom is -0.487 e. The summed E-state index contributed by atoms with van der Waals surface area (Å²) in [4.78, 5) is 0. The van der Waals surface area contributed by atoms with Gasteiger partial charge in [0.1, 0.15) is 12.4 Å². The van der Waals surface area contributed by atoms with E-state index in [1.54, 1.807) is 0 Å². The SMILES string of the molecule is Cc1ccc(COc2c(Br)cc(CNc3ccccc3)cc2Br)cc1. The first kappa shape index (κ1) is 18.0. The molecule has 0 bridgehead atoms. The number of para-hydroxylation sites is 1. The number of ether oxygens (including phenoxy) is 1. The maximum Gasteiger partial charge on any atom is 0.148 e. The van der Waals surface area contributed by atoms with E-state index >= 15 is 0 Å². The summed E-state index contributed by atoms with van der Waals surface area (Å²) in [5.41, 5.74) is 4.68. The summed E-state index contributed by atoms with van der Waals surface area (Å²) in [6.45, 7) is 3.37. The van der Waals surface area contributed by atoms with Gasteiger partial charge in [-0.15, -0.1) is 0 Å². The number of halogens is 2. The van der Waals surface area contributed by atoms with Gasteiger partial charge in [-0.2, -0.15) is 0 Å². The quantitative estimate of drug-likeness (QED) is 0.441. The zero-order valence-corrected chi connectivity index (χ0v) is 17.1. The number of anilines is 1. The molecule has 0 atom stereocenters. The largest absolute Gasteiger partial charge is 0.487 e.